The van der Waals surface area contributed by atoms with Crippen LogP contribution in [0.3, 0.4) is 0 Å². The van der Waals surface area contributed by atoms with Crippen molar-refractivity contribution in [3.8, 4) is 11.3 Å². The van der Waals surface area contributed by atoms with Gasteiger partial charge in [0.1, 0.15) is 11.5 Å². The summed E-state index contributed by atoms with van der Waals surface area (Å²) in [5, 5.41) is 2.46. The predicted molar refractivity (Wildman–Crippen MR) is 92.8 cm³/mol. The molecular formula is C19H20FN3O. The van der Waals surface area contributed by atoms with Crippen molar-refractivity contribution in [1.82, 2.24) is 14.7 Å². The van der Waals surface area contributed by atoms with Crippen molar-refractivity contribution < 1.29 is 9.18 Å². The lowest BCUT2D eigenvalue weighted by molar-refractivity contribution is 0.0959. The summed E-state index contributed by atoms with van der Waals surface area (Å²) in [7, 11) is 1.49. The molecule has 0 bridgehead atoms. The highest BCUT2D eigenvalue weighted by Gasteiger charge is 2.19. The number of pyridine rings is 1. The molecule has 3 aromatic rings. The lowest BCUT2D eigenvalue weighted by Gasteiger charge is -2.09. The van der Waals surface area contributed by atoms with Gasteiger partial charge in [-0.25, -0.2) is 9.37 Å². The minimum atomic E-state index is -0.537. The highest BCUT2D eigenvalue weighted by Crippen LogP contribution is 2.30. The van der Waals surface area contributed by atoms with Gasteiger partial charge in [0, 0.05) is 18.8 Å². The van der Waals surface area contributed by atoms with Crippen LogP contribution >= 0.6 is 0 Å². The first-order chi connectivity index (χ1) is 11.5. The molecule has 0 saturated heterocycles. The summed E-state index contributed by atoms with van der Waals surface area (Å²) >= 11 is 0. The first-order valence-corrected chi connectivity index (χ1v) is 7.96. The fraction of sp³-hybridized carbons (Fsp3) is 0.263. The normalized spacial score (nSPS) is 11.0. The molecule has 4 nitrogen and oxygen atoms in total. The second-order valence-corrected chi connectivity index (χ2v) is 5.92. The van der Waals surface area contributed by atoms with E-state index in [4.69, 9.17) is 4.98 Å². The molecule has 0 radical (unpaired) electrons. The molecule has 0 unspecified atom stereocenters. The van der Waals surface area contributed by atoms with Gasteiger partial charge in [0.2, 0.25) is 0 Å². The summed E-state index contributed by atoms with van der Waals surface area (Å²) in [6, 6.07) is 7.03. The van der Waals surface area contributed by atoms with Crippen LogP contribution in [0.25, 0.3) is 16.9 Å². The number of hydrogen-bond donors (Lipinski definition) is 1. The van der Waals surface area contributed by atoms with Crippen LogP contribution in [0.1, 0.15) is 34.1 Å². The summed E-state index contributed by atoms with van der Waals surface area (Å²) in [6.07, 6.45) is 2.77. The highest BCUT2D eigenvalue weighted by atomic mass is 19.1. The van der Waals surface area contributed by atoms with E-state index in [0.29, 0.717) is 0 Å². The third-order valence-corrected chi connectivity index (χ3v) is 4.26. The predicted octanol–water partition coefficient (Wildman–Crippen LogP) is 3.68. The Bertz CT molecular complexity index is 943. The molecule has 5 heteroatoms. The Balaban J connectivity index is 2.24. The van der Waals surface area contributed by atoms with Gasteiger partial charge in [-0.05, 0) is 55.7 Å². The number of nitrogens with one attached hydrogen (secondary N) is 1. The second-order valence-electron chi connectivity index (χ2n) is 5.92. The maximum Gasteiger partial charge on any atom is 0.254 e. The number of aryl methyl sites for hydroxylation is 3. The smallest absolute Gasteiger partial charge is 0.254 e. The maximum absolute atomic E-state index is 14.4. The molecule has 24 heavy (non-hydrogen) atoms. The van der Waals surface area contributed by atoms with Gasteiger partial charge in [-0.3, -0.25) is 4.79 Å². The summed E-state index contributed by atoms with van der Waals surface area (Å²) in [5.74, 6) is -0.964. The Morgan fingerprint density at radius 3 is 2.71 bits per heavy atom. The Kier molecular flexibility index (Phi) is 4.09. The van der Waals surface area contributed by atoms with E-state index in [9.17, 15) is 9.18 Å². The molecule has 1 amide bonds. The quantitative estimate of drug-likeness (QED) is 0.798. The number of fused-ring (bicyclic) bond motifs is 1. The molecule has 3 rings (SSSR count). The van der Waals surface area contributed by atoms with E-state index >= 15 is 0 Å². The fourth-order valence-corrected chi connectivity index (χ4v) is 3.00. The van der Waals surface area contributed by atoms with E-state index in [2.05, 4.69) is 12.2 Å². The van der Waals surface area contributed by atoms with Gasteiger partial charge in [0.15, 0.2) is 0 Å². The van der Waals surface area contributed by atoms with Crippen LogP contribution < -0.4 is 5.32 Å². The number of carbonyl (C=O) groups is 1. The van der Waals surface area contributed by atoms with E-state index in [1.165, 1.54) is 13.1 Å². The number of nitrogens with zero attached hydrogens (tertiary/aromatic N) is 2. The summed E-state index contributed by atoms with van der Waals surface area (Å²) in [5.41, 5.74) is 5.36. The number of imidazole rings is 1. The molecule has 0 saturated carbocycles. The minimum Gasteiger partial charge on any atom is -0.355 e. The standard InChI is InChI=1S/C19H20FN3O/c1-5-16-18(22-17-8-11(2)6-7-23(16)17)13-10-15(20)14(9-12(13)3)19(24)21-4/h6-10H,5H2,1-4H3,(H,21,24). The van der Waals surface area contributed by atoms with Crippen LogP contribution in [-0.4, -0.2) is 22.3 Å². The lowest BCUT2D eigenvalue weighted by Crippen LogP contribution is -2.19. The van der Waals surface area contributed by atoms with E-state index in [0.717, 1.165) is 40.1 Å². The van der Waals surface area contributed by atoms with E-state index < -0.39 is 11.7 Å². The van der Waals surface area contributed by atoms with Gasteiger partial charge in [0.25, 0.3) is 5.91 Å². The van der Waals surface area contributed by atoms with E-state index in [-0.39, 0.29) is 5.56 Å². The second kappa shape index (κ2) is 6.07. The number of hydrogen-bond acceptors (Lipinski definition) is 2. The molecule has 0 spiro atoms. The van der Waals surface area contributed by atoms with E-state index in [1.807, 2.05) is 36.6 Å². The molecule has 0 atom stereocenters. The molecular weight excluding hydrogens is 305 g/mol. The third-order valence-electron chi connectivity index (χ3n) is 4.26. The molecule has 0 aliphatic heterocycles. The average Bonchev–Trinajstić information content (AvgIpc) is 2.92. The first kappa shape index (κ1) is 16.2. The van der Waals surface area contributed by atoms with Crippen LogP contribution in [0.5, 0.6) is 0 Å². The molecule has 0 aliphatic rings. The van der Waals surface area contributed by atoms with Gasteiger partial charge in [0.05, 0.1) is 17.0 Å². The topological polar surface area (TPSA) is 46.4 Å². The zero-order valence-corrected chi connectivity index (χ0v) is 14.3. The van der Waals surface area contributed by atoms with Gasteiger partial charge in [-0.2, -0.15) is 0 Å². The minimum absolute atomic E-state index is 0.0522. The number of halogens is 1. The number of carbonyl (C=O) groups excluding carboxylic acids is 1. The van der Waals surface area contributed by atoms with Gasteiger partial charge < -0.3 is 9.72 Å². The highest BCUT2D eigenvalue weighted by molar-refractivity contribution is 5.95. The maximum atomic E-state index is 14.4. The number of amides is 1. The Labute approximate surface area is 140 Å². The third kappa shape index (κ3) is 2.56. The molecule has 1 N–H and O–H groups in total. The zero-order valence-electron chi connectivity index (χ0n) is 14.3. The van der Waals surface area contributed by atoms with Gasteiger partial charge in [-0.15, -0.1) is 0 Å². The molecule has 0 fully saturated rings. The van der Waals surface area contributed by atoms with Gasteiger partial charge >= 0.3 is 0 Å². The Morgan fingerprint density at radius 1 is 1.29 bits per heavy atom. The van der Waals surface area contributed by atoms with Crippen LogP contribution in [0, 0.1) is 19.7 Å². The summed E-state index contributed by atoms with van der Waals surface area (Å²) in [6.45, 7) is 5.94. The molecule has 2 aromatic heterocycles. The van der Waals surface area contributed by atoms with Crippen LogP contribution in [-0.2, 0) is 6.42 Å². The Hall–Kier alpha value is -2.69. The SMILES string of the molecule is CCc1c(-c2cc(F)c(C(=O)NC)cc2C)nc2cc(C)ccn12. The van der Waals surface area contributed by atoms with Crippen molar-refractivity contribution in [3.63, 3.8) is 0 Å². The van der Waals surface area contributed by atoms with Crippen LogP contribution in [0.4, 0.5) is 4.39 Å². The zero-order chi connectivity index (χ0) is 17.4. The molecule has 124 valence electrons. The Morgan fingerprint density at radius 2 is 2.04 bits per heavy atom. The largest absolute Gasteiger partial charge is 0.355 e. The van der Waals surface area contributed by atoms with Crippen molar-refractivity contribution in [2.75, 3.05) is 7.05 Å². The molecule has 0 aliphatic carbocycles. The van der Waals surface area contributed by atoms with Gasteiger partial charge in [-0.1, -0.05) is 6.92 Å². The average molecular weight is 325 g/mol. The monoisotopic (exact) mass is 325 g/mol. The van der Waals surface area contributed by atoms with Crippen molar-refractivity contribution in [1.29, 1.82) is 0 Å². The first-order valence-electron chi connectivity index (χ1n) is 7.96. The van der Waals surface area contributed by atoms with Crippen LogP contribution in [0.2, 0.25) is 0 Å². The molecule has 2 heterocycles. The van der Waals surface area contributed by atoms with Crippen molar-refractivity contribution >= 4 is 11.6 Å². The number of benzene rings is 1. The van der Waals surface area contributed by atoms with Crippen LogP contribution in [0.15, 0.2) is 30.5 Å². The van der Waals surface area contributed by atoms with Crippen molar-refractivity contribution in [2.24, 2.45) is 0 Å². The number of rotatable bonds is 3. The van der Waals surface area contributed by atoms with E-state index in [1.54, 1.807) is 6.07 Å². The fourth-order valence-electron chi connectivity index (χ4n) is 3.00. The lowest BCUT2D eigenvalue weighted by atomic mass is 9.99. The van der Waals surface area contributed by atoms with Crippen molar-refractivity contribution in [3.05, 3.63) is 58.7 Å². The number of aromatic nitrogens is 2. The summed E-state index contributed by atoms with van der Waals surface area (Å²) < 4.78 is 16.4. The summed E-state index contributed by atoms with van der Waals surface area (Å²) in [4.78, 5) is 16.5. The van der Waals surface area contributed by atoms with Crippen molar-refractivity contribution in [2.45, 2.75) is 27.2 Å². The molecule has 1 aromatic carbocycles.